The number of benzene rings is 1. The van der Waals surface area contributed by atoms with Gasteiger partial charge < -0.3 is 5.11 Å². The molecule has 0 aliphatic carbocycles. The van der Waals surface area contributed by atoms with Crippen molar-refractivity contribution in [3.05, 3.63) is 53.6 Å². The van der Waals surface area contributed by atoms with Crippen LogP contribution in [0.1, 0.15) is 38.2 Å². The van der Waals surface area contributed by atoms with E-state index in [-0.39, 0.29) is 5.57 Å². The van der Waals surface area contributed by atoms with E-state index in [2.05, 4.69) is 19.6 Å². The van der Waals surface area contributed by atoms with Gasteiger partial charge in [-0.25, -0.2) is 4.79 Å². The Bertz CT molecular complexity index is 430. The molecule has 96 valence electrons. The molecule has 0 atom stereocenters. The van der Waals surface area contributed by atoms with E-state index in [9.17, 15) is 4.79 Å². The Hall–Kier alpha value is -1.83. The third-order valence-electron chi connectivity index (χ3n) is 2.76. The van der Waals surface area contributed by atoms with Crippen LogP contribution in [-0.4, -0.2) is 11.1 Å². The first-order valence-corrected chi connectivity index (χ1v) is 6.29. The summed E-state index contributed by atoms with van der Waals surface area (Å²) in [4.78, 5) is 10.8. The van der Waals surface area contributed by atoms with E-state index in [0.717, 1.165) is 30.4 Å². The average molecular weight is 244 g/mol. The molecule has 1 rings (SSSR count). The van der Waals surface area contributed by atoms with Crippen molar-refractivity contribution in [2.24, 2.45) is 0 Å². The second-order valence-electron chi connectivity index (χ2n) is 4.40. The number of hydrogen-bond donors (Lipinski definition) is 1. The zero-order chi connectivity index (χ0) is 13.4. The minimum atomic E-state index is -0.912. The molecule has 0 saturated carbocycles. The first-order valence-electron chi connectivity index (χ1n) is 6.29. The highest BCUT2D eigenvalue weighted by Crippen LogP contribution is 2.19. The smallest absolute Gasteiger partial charge is 0.331 e. The zero-order valence-corrected chi connectivity index (χ0v) is 10.9. The number of unbranched alkanes of at least 4 members (excludes halogenated alkanes) is 1. The van der Waals surface area contributed by atoms with Crippen molar-refractivity contribution in [1.82, 2.24) is 0 Å². The highest BCUT2D eigenvalue weighted by atomic mass is 16.4. The number of carboxylic acids is 1. The maximum absolute atomic E-state index is 10.8. The minimum Gasteiger partial charge on any atom is -0.478 e. The monoisotopic (exact) mass is 244 g/mol. The highest BCUT2D eigenvalue weighted by Gasteiger charge is 2.07. The topological polar surface area (TPSA) is 37.3 Å². The van der Waals surface area contributed by atoms with Crippen LogP contribution < -0.4 is 0 Å². The summed E-state index contributed by atoms with van der Waals surface area (Å²) in [5, 5.41) is 8.90. The van der Waals surface area contributed by atoms with Gasteiger partial charge >= 0.3 is 5.97 Å². The lowest BCUT2D eigenvalue weighted by atomic mass is 9.99. The van der Waals surface area contributed by atoms with Gasteiger partial charge in [0, 0.05) is 12.0 Å². The van der Waals surface area contributed by atoms with Crippen molar-refractivity contribution in [2.45, 2.75) is 32.6 Å². The molecule has 18 heavy (non-hydrogen) atoms. The largest absolute Gasteiger partial charge is 0.478 e. The minimum absolute atomic E-state index is 0.258. The van der Waals surface area contributed by atoms with Gasteiger partial charge in [0.05, 0.1) is 0 Å². The lowest BCUT2D eigenvalue weighted by Gasteiger charge is -2.07. The molecule has 0 unspecified atom stereocenters. The molecular formula is C16H20O2. The first kappa shape index (κ1) is 14.2. The van der Waals surface area contributed by atoms with Crippen molar-refractivity contribution >= 4 is 12.0 Å². The molecule has 1 N–H and O–H groups in total. The van der Waals surface area contributed by atoms with E-state index in [1.165, 1.54) is 0 Å². The van der Waals surface area contributed by atoms with Crippen LogP contribution in [0.3, 0.4) is 0 Å². The molecule has 0 aliphatic rings. The lowest BCUT2D eigenvalue weighted by molar-refractivity contribution is -0.132. The van der Waals surface area contributed by atoms with Crippen molar-refractivity contribution in [3.8, 4) is 0 Å². The third kappa shape index (κ3) is 5.00. The van der Waals surface area contributed by atoms with E-state index in [4.69, 9.17) is 5.11 Å². The molecule has 0 heterocycles. The normalized spacial score (nSPS) is 11.3. The molecule has 0 amide bonds. The Morgan fingerprint density at radius 1 is 1.33 bits per heavy atom. The first-order chi connectivity index (χ1) is 8.63. The van der Waals surface area contributed by atoms with E-state index in [1.54, 1.807) is 0 Å². The number of carbonyl (C=O) groups is 1. The average Bonchev–Trinajstić information content (AvgIpc) is 2.37. The molecule has 2 nitrogen and oxygen atoms in total. The molecule has 0 radical (unpaired) electrons. The lowest BCUT2D eigenvalue weighted by Crippen LogP contribution is -2.00. The summed E-state index contributed by atoms with van der Waals surface area (Å²) in [7, 11) is 0. The quantitative estimate of drug-likeness (QED) is 0.726. The van der Waals surface area contributed by atoms with Crippen LogP contribution in [0.5, 0.6) is 0 Å². The van der Waals surface area contributed by atoms with Gasteiger partial charge in [0.25, 0.3) is 0 Å². The summed E-state index contributed by atoms with van der Waals surface area (Å²) >= 11 is 0. The molecule has 0 aromatic heterocycles. The summed E-state index contributed by atoms with van der Waals surface area (Å²) in [5.41, 5.74) is 2.51. The van der Waals surface area contributed by atoms with Crippen LogP contribution in [-0.2, 0) is 4.79 Å². The predicted molar refractivity (Wildman–Crippen MR) is 75.3 cm³/mol. The number of carboxylic acid groups (broad SMARTS) is 1. The Morgan fingerprint density at radius 3 is 2.56 bits per heavy atom. The van der Waals surface area contributed by atoms with Gasteiger partial charge in [-0.3, -0.25) is 0 Å². The van der Waals surface area contributed by atoms with E-state index in [1.807, 2.05) is 30.3 Å². The predicted octanol–water partition coefficient (Wildman–Crippen LogP) is 4.29. The zero-order valence-electron chi connectivity index (χ0n) is 10.9. The van der Waals surface area contributed by atoms with Gasteiger partial charge in [-0.2, -0.15) is 0 Å². The van der Waals surface area contributed by atoms with Crippen molar-refractivity contribution < 1.29 is 9.90 Å². The molecule has 0 bridgehead atoms. The maximum Gasteiger partial charge on any atom is 0.331 e. The van der Waals surface area contributed by atoms with Crippen LogP contribution in [0, 0.1) is 0 Å². The second-order valence-corrected chi connectivity index (χ2v) is 4.40. The number of aliphatic carboxylic acids is 1. The maximum atomic E-state index is 10.8. The molecule has 1 aromatic rings. The van der Waals surface area contributed by atoms with E-state index < -0.39 is 5.97 Å². The van der Waals surface area contributed by atoms with E-state index in [0.29, 0.717) is 6.42 Å². The SMILES string of the molecule is C=C(CC(=Cc1ccccc1)CCCC)C(=O)O. The van der Waals surface area contributed by atoms with E-state index >= 15 is 0 Å². The molecule has 1 aromatic carbocycles. The second kappa shape index (κ2) is 7.49. The summed E-state index contributed by atoms with van der Waals surface area (Å²) in [6, 6.07) is 9.98. The summed E-state index contributed by atoms with van der Waals surface area (Å²) in [6.45, 7) is 5.73. The molecule has 0 aliphatic heterocycles. The fourth-order valence-corrected chi connectivity index (χ4v) is 1.75. The van der Waals surface area contributed by atoms with Crippen LogP contribution in [0.2, 0.25) is 0 Å². The summed E-state index contributed by atoms with van der Waals surface area (Å²) in [6.07, 6.45) is 5.63. The van der Waals surface area contributed by atoms with Gasteiger partial charge in [-0.15, -0.1) is 0 Å². The van der Waals surface area contributed by atoms with Gasteiger partial charge in [-0.1, -0.05) is 61.9 Å². The molecule has 0 fully saturated rings. The molecule has 0 spiro atoms. The summed E-state index contributed by atoms with van der Waals surface area (Å²) in [5.74, 6) is -0.912. The standard InChI is InChI=1S/C16H20O2/c1-3-4-8-15(11-13(2)16(17)18)12-14-9-6-5-7-10-14/h5-7,9-10,12H,2-4,8,11H2,1H3,(H,17,18). The molecular weight excluding hydrogens is 224 g/mol. The third-order valence-corrected chi connectivity index (χ3v) is 2.76. The van der Waals surface area contributed by atoms with Crippen LogP contribution in [0.25, 0.3) is 6.08 Å². The van der Waals surface area contributed by atoms with Gasteiger partial charge in [0.15, 0.2) is 0 Å². The Kier molecular flexibility index (Phi) is 5.92. The van der Waals surface area contributed by atoms with Crippen LogP contribution in [0.4, 0.5) is 0 Å². The fourth-order valence-electron chi connectivity index (χ4n) is 1.75. The van der Waals surface area contributed by atoms with Crippen molar-refractivity contribution in [3.63, 3.8) is 0 Å². The van der Waals surface area contributed by atoms with Crippen molar-refractivity contribution in [1.29, 1.82) is 0 Å². The highest BCUT2D eigenvalue weighted by molar-refractivity contribution is 5.86. The fraction of sp³-hybridized carbons (Fsp3) is 0.312. The van der Waals surface area contributed by atoms with Gasteiger partial charge in [-0.05, 0) is 18.4 Å². The molecule has 0 saturated heterocycles. The van der Waals surface area contributed by atoms with Crippen molar-refractivity contribution in [2.75, 3.05) is 0 Å². The van der Waals surface area contributed by atoms with Crippen LogP contribution >= 0.6 is 0 Å². The van der Waals surface area contributed by atoms with Gasteiger partial charge in [0.1, 0.15) is 0 Å². The number of allylic oxidation sites excluding steroid dienone is 1. The van der Waals surface area contributed by atoms with Crippen LogP contribution in [0.15, 0.2) is 48.1 Å². The molecule has 2 heteroatoms. The number of rotatable bonds is 7. The van der Waals surface area contributed by atoms with Gasteiger partial charge in [0.2, 0.25) is 0 Å². The Morgan fingerprint density at radius 2 is 2.00 bits per heavy atom. The Labute approximate surface area is 109 Å². The Balaban J connectivity index is 2.80. The number of hydrogen-bond acceptors (Lipinski definition) is 1. The summed E-state index contributed by atoms with van der Waals surface area (Å²) < 4.78 is 0.